The summed E-state index contributed by atoms with van der Waals surface area (Å²) in [5.41, 5.74) is 1.50. The van der Waals surface area contributed by atoms with Crippen LogP contribution in [0.3, 0.4) is 0 Å². The van der Waals surface area contributed by atoms with Crippen LogP contribution in [0.4, 0.5) is 8.78 Å². The number of aryl methyl sites for hydroxylation is 1. The maximum atomic E-state index is 14.1. The summed E-state index contributed by atoms with van der Waals surface area (Å²) in [6.07, 6.45) is 10.6. The number of pyridine rings is 1. The molecule has 0 saturated carbocycles. The molecule has 0 radical (unpaired) electrons. The van der Waals surface area contributed by atoms with Crippen LogP contribution in [0.1, 0.15) is 6.42 Å². The zero-order valence-corrected chi connectivity index (χ0v) is 15.1. The van der Waals surface area contributed by atoms with E-state index in [9.17, 15) is 13.6 Å². The van der Waals surface area contributed by atoms with E-state index in [4.69, 9.17) is 0 Å². The average molecular weight is 384 g/mol. The van der Waals surface area contributed by atoms with E-state index >= 15 is 0 Å². The van der Waals surface area contributed by atoms with Crippen molar-refractivity contribution in [1.82, 2.24) is 19.2 Å². The average Bonchev–Trinajstić information content (AvgIpc) is 2.80. The Balaban J connectivity index is 1.79. The Hall–Kier alpha value is -3.00. The van der Waals surface area contributed by atoms with Crippen molar-refractivity contribution >= 4 is 17.4 Å². The molecule has 0 spiro atoms. The molecule has 0 aromatic carbocycles. The molecule has 0 unspecified atom stereocenters. The van der Waals surface area contributed by atoms with Crippen LogP contribution < -0.4 is 5.56 Å². The van der Waals surface area contributed by atoms with Gasteiger partial charge in [-0.3, -0.25) is 9.78 Å². The normalized spacial score (nSPS) is 14.6. The zero-order valence-electron chi connectivity index (χ0n) is 14.3. The Morgan fingerprint density at radius 2 is 2.00 bits per heavy atom. The molecule has 0 amide bonds. The third-order valence-corrected chi connectivity index (χ3v) is 5.13. The van der Waals surface area contributed by atoms with Gasteiger partial charge in [-0.05, 0) is 23.8 Å². The van der Waals surface area contributed by atoms with Gasteiger partial charge in [0.25, 0.3) is 5.56 Å². The second-order valence-electron chi connectivity index (χ2n) is 5.91. The molecule has 5 nitrogen and oxygen atoms in total. The van der Waals surface area contributed by atoms with Crippen LogP contribution in [-0.2, 0) is 7.05 Å². The van der Waals surface area contributed by atoms with E-state index in [-0.39, 0.29) is 16.9 Å². The number of hydrogen-bond donors (Lipinski definition) is 0. The fourth-order valence-corrected chi connectivity index (χ4v) is 3.65. The highest BCUT2D eigenvalue weighted by Gasteiger charge is 2.17. The van der Waals surface area contributed by atoms with Gasteiger partial charge in [-0.15, -0.1) is 0 Å². The molecule has 1 aliphatic rings. The van der Waals surface area contributed by atoms with Gasteiger partial charge in [0, 0.05) is 54.1 Å². The number of halogens is 2. The molecule has 0 saturated heterocycles. The highest BCUT2D eigenvalue weighted by molar-refractivity contribution is 8.03. The second kappa shape index (κ2) is 6.96. The summed E-state index contributed by atoms with van der Waals surface area (Å²) < 4.78 is 30.5. The van der Waals surface area contributed by atoms with Crippen LogP contribution in [0.2, 0.25) is 0 Å². The molecular weight excluding hydrogens is 370 g/mol. The van der Waals surface area contributed by atoms with E-state index in [1.54, 1.807) is 60.6 Å². The van der Waals surface area contributed by atoms with Crippen LogP contribution in [0.15, 0.2) is 81.4 Å². The molecular formula is C19H14F2N4OS. The van der Waals surface area contributed by atoms with E-state index in [0.29, 0.717) is 16.1 Å². The summed E-state index contributed by atoms with van der Waals surface area (Å²) in [7, 11) is 1.64. The summed E-state index contributed by atoms with van der Waals surface area (Å²) in [5, 5.41) is 0. The predicted molar refractivity (Wildman–Crippen MR) is 101 cm³/mol. The Morgan fingerprint density at radius 3 is 2.78 bits per heavy atom. The molecule has 27 heavy (non-hydrogen) atoms. The Morgan fingerprint density at radius 1 is 1.22 bits per heavy atom. The molecule has 0 N–H and O–H groups in total. The fraction of sp³-hybridized carbons (Fsp3) is 0.105. The van der Waals surface area contributed by atoms with Crippen molar-refractivity contribution in [2.75, 3.05) is 0 Å². The number of nitrogens with zero attached hydrogens (tertiary/aromatic N) is 4. The summed E-state index contributed by atoms with van der Waals surface area (Å²) in [5.74, 6) is -1.16. The maximum absolute atomic E-state index is 14.1. The Kier molecular flexibility index (Phi) is 4.49. The highest BCUT2D eigenvalue weighted by atomic mass is 32.2. The van der Waals surface area contributed by atoms with Gasteiger partial charge in [-0.2, -0.15) is 0 Å². The number of fused-ring (bicyclic) bond motifs is 1. The minimum atomic E-state index is -0.634. The van der Waals surface area contributed by atoms with Crippen molar-refractivity contribution in [1.29, 1.82) is 0 Å². The molecule has 1 aliphatic carbocycles. The summed E-state index contributed by atoms with van der Waals surface area (Å²) in [4.78, 5) is 22.0. The van der Waals surface area contributed by atoms with Gasteiger partial charge < -0.3 is 0 Å². The first-order chi connectivity index (χ1) is 13.0. The SMILES string of the molecule is Cn1c(=O)c(-c2ccncc2)c2ncc(SC3=C(F)C=C(F)CC=C3)cn21. The van der Waals surface area contributed by atoms with Crippen LogP contribution in [0, 0.1) is 0 Å². The molecule has 8 heteroatoms. The first-order valence-electron chi connectivity index (χ1n) is 8.12. The van der Waals surface area contributed by atoms with Crippen molar-refractivity contribution in [2.24, 2.45) is 7.05 Å². The lowest BCUT2D eigenvalue weighted by atomic mass is 10.1. The number of allylic oxidation sites excluding steroid dienone is 5. The zero-order chi connectivity index (χ0) is 19.0. The monoisotopic (exact) mass is 384 g/mol. The summed E-state index contributed by atoms with van der Waals surface area (Å²) >= 11 is 1.12. The first-order valence-corrected chi connectivity index (χ1v) is 8.94. The smallest absolute Gasteiger partial charge is 0.267 e. The minimum Gasteiger partial charge on any atom is -0.267 e. The third kappa shape index (κ3) is 3.23. The fourth-order valence-electron chi connectivity index (χ4n) is 2.82. The quantitative estimate of drug-likeness (QED) is 0.680. The molecule has 4 rings (SSSR count). The lowest BCUT2D eigenvalue weighted by Crippen LogP contribution is -2.15. The van der Waals surface area contributed by atoms with Crippen LogP contribution in [-0.4, -0.2) is 19.2 Å². The molecule has 0 atom stereocenters. The summed E-state index contributed by atoms with van der Waals surface area (Å²) in [6, 6.07) is 3.50. The van der Waals surface area contributed by atoms with Gasteiger partial charge in [0.1, 0.15) is 11.7 Å². The summed E-state index contributed by atoms with van der Waals surface area (Å²) in [6.45, 7) is 0. The van der Waals surface area contributed by atoms with E-state index in [1.165, 1.54) is 4.68 Å². The third-order valence-electron chi connectivity index (χ3n) is 4.13. The lowest BCUT2D eigenvalue weighted by molar-refractivity contribution is 0.600. The van der Waals surface area contributed by atoms with Crippen molar-refractivity contribution < 1.29 is 8.78 Å². The molecule has 3 aromatic rings. The molecule has 0 aliphatic heterocycles. The van der Waals surface area contributed by atoms with Crippen LogP contribution >= 0.6 is 11.8 Å². The van der Waals surface area contributed by atoms with Gasteiger partial charge in [0.2, 0.25) is 0 Å². The van der Waals surface area contributed by atoms with E-state index in [2.05, 4.69) is 9.97 Å². The Labute approximate surface area is 157 Å². The van der Waals surface area contributed by atoms with Crippen LogP contribution in [0.25, 0.3) is 16.8 Å². The van der Waals surface area contributed by atoms with Gasteiger partial charge in [0.15, 0.2) is 5.65 Å². The lowest BCUT2D eigenvalue weighted by Gasteiger charge is -2.05. The number of rotatable bonds is 3. The van der Waals surface area contributed by atoms with Gasteiger partial charge in [-0.25, -0.2) is 23.0 Å². The predicted octanol–water partition coefficient (Wildman–Crippen LogP) is 4.18. The molecule has 3 heterocycles. The topological polar surface area (TPSA) is 52.2 Å². The number of aromatic nitrogens is 4. The molecule has 0 fully saturated rings. The van der Waals surface area contributed by atoms with Crippen molar-refractivity contribution in [3.63, 3.8) is 0 Å². The van der Waals surface area contributed by atoms with E-state index < -0.39 is 11.7 Å². The van der Waals surface area contributed by atoms with Crippen molar-refractivity contribution in [2.45, 2.75) is 11.3 Å². The van der Waals surface area contributed by atoms with Crippen molar-refractivity contribution in [3.05, 3.63) is 82.1 Å². The van der Waals surface area contributed by atoms with Crippen molar-refractivity contribution in [3.8, 4) is 11.1 Å². The number of thioether (sulfide) groups is 1. The number of hydrogen-bond acceptors (Lipinski definition) is 4. The Bertz CT molecular complexity index is 1180. The van der Waals surface area contributed by atoms with E-state index in [1.807, 2.05) is 0 Å². The molecule has 3 aromatic heterocycles. The molecule has 136 valence electrons. The van der Waals surface area contributed by atoms with Gasteiger partial charge in [-0.1, -0.05) is 17.8 Å². The van der Waals surface area contributed by atoms with Gasteiger partial charge in [0.05, 0.1) is 5.56 Å². The highest BCUT2D eigenvalue weighted by Crippen LogP contribution is 2.33. The largest absolute Gasteiger partial charge is 0.276 e. The second-order valence-corrected chi connectivity index (χ2v) is 7.02. The van der Waals surface area contributed by atoms with E-state index in [0.717, 1.165) is 23.4 Å². The van der Waals surface area contributed by atoms with Gasteiger partial charge >= 0.3 is 0 Å². The standard InChI is InChI=1S/C19H14F2N4OS/c1-24-19(26)17(12-5-7-22-8-6-12)18-23-10-14(11-25(18)24)27-16-4-2-3-13(20)9-15(16)21/h2,4-11H,3H2,1H3. The van der Waals surface area contributed by atoms with Crippen LogP contribution in [0.5, 0.6) is 0 Å². The first kappa shape index (κ1) is 17.4. The molecule has 0 bridgehead atoms. The minimum absolute atomic E-state index is 0.0656. The maximum Gasteiger partial charge on any atom is 0.276 e.